The van der Waals surface area contributed by atoms with E-state index in [0.29, 0.717) is 0 Å². The SMILES string of the molecule is COC(=O)C(C)CSCCN1CCOCC1. The molecular formula is C11H21NO3S. The highest BCUT2D eigenvalue weighted by Gasteiger charge is 2.13. The van der Waals surface area contributed by atoms with E-state index >= 15 is 0 Å². The first kappa shape index (κ1) is 13.8. The van der Waals surface area contributed by atoms with Gasteiger partial charge in [0.25, 0.3) is 0 Å². The normalized spacial score (nSPS) is 19.4. The van der Waals surface area contributed by atoms with Crippen LogP contribution >= 0.6 is 11.8 Å². The molecule has 1 fully saturated rings. The van der Waals surface area contributed by atoms with Crippen LogP contribution in [0, 0.1) is 5.92 Å². The molecule has 0 bridgehead atoms. The van der Waals surface area contributed by atoms with Gasteiger partial charge in [0.15, 0.2) is 0 Å². The van der Waals surface area contributed by atoms with Gasteiger partial charge in [-0.25, -0.2) is 0 Å². The van der Waals surface area contributed by atoms with Gasteiger partial charge < -0.3 is 9.47 Å². The van der Waals surface area contributed by atoms with Gasteiger partial charge in [0.1, 0.15) is 0 Å². The maximum atomic E-state index is 11.1. The fraction of sp³-hybridized carbons (Fsp3) is 0.909. The highest BCUT2D eigenvalue weighted by Crippen LogP contribution is 2.10. The predicted molar refractivity (Wildman–Crippen MR) is 65.8 cm³/mol. The van der Waals surface area contributed by atoms with Crippen LogP contribution < -0.4 is 0 Å². The molecule has 0 radical (unpaired) electrons. The third-order valence-electron chi connectivity index (χ3n) is 2.63. The Morgan fingerprint density at radius 1 is 1.50 bits per heavy atom. The summed E-state index contributed by atoms with van der Waals surface area (Å²) in [6.07, 6.45) is 0. The summed E-state index contributed by atoms with van der Waals surface area (Å²) in [6.45, 7) is 6.77. The van der Waals surface area contributed by atoms with Crippen molar-refractivity contribution in [3.8, 4) is 0 Å². The first-order chi connectivity index (χ1) is 7.74. The van der Waals surface area contributed by atoms with Crippen molar-refractivity contribution in [2.45, 2.75) is 6.92 Å². The average molecular weight is 247 g/mol. The lowest BCUT2D eigenvalue weighted by Gasteiger charge is -2.26. The van der Waals surface area contributed by atoms with Crippen molar-refractivity contribution in [3.05, 3.63) is 0 Å². The minimum atomic E-state index is -0.112. The third kappa shape index (κ3) is 5.18. The van der Waals surface area contributed by atoms with Gasteiger partial charge in [-0.05, 0) is 0 Å². The second-order valence-electron chi connectivity index (χ2n) is 3.95. The van der Waals surface area contributed by atoms with Crippen LogP contribution in [0.15, 0.2) is 0 Å². The minimum absolute atomic E-state index is 0.000288. The quantitative estimate of drug-likeness (QED) is 0.514. The molecule has 1 unspecified atom stereocenters. The molecule has 0 saturated carbocycles. The van der Waals surface area contributed by atoms with Gasteiger partial charge in [-0.15, -0.1) is 0 Å². The predicted octanol–water partition coefficient (Wildman–Crippen LogP) is 0.861. The van der Waals surface area contributed by atoms with Crippen LogP contribution in [0.4, 0.5) is 0 Å². The summed E-state index contributed by atoms with van der Waals surface area (Å²) in [4.78, 5) is 13.5. The van der Waals surface area contributed by atoms with E-state index in [9.17, 15) is 4.79 Å². The van der Waals surface area contributed by atoms with Gasteiger partial charge >= 0.3 is 5.97 Å². The lowest BCUT2D eigenvalue weighted by molar-refractivity contribution is -0.143. The van der Waals surface area contributed by atoms with E-state index in [4.69, 9.17) is 4.74 Å². The third-order valence-corrected chi connectivity index (χ3v) is 3.83. The van der Waals surface area contributed by atoms with E-state index in [2.05, 4.69) is 9.64 Å². The number of rotatable bonds is 6. The second-order valence-corrected chi connectivity index (χ2v) is 5.10. The van der Waals surface area contributed by atoms with Crippen LogP contribution in [0.1, 0.15) is 6.92 Å². The molecule has 1 rings (SSSR count). The van der Waals surface area contributed by atoms with Crippen LogP contribution in [0.3, 0.4) is 0 Å². The zero-order chi connectivity index (χ0) is 11.8. The van der Waals surface area contributed by atoms with Crippen LogP contribution in [0.5, 0.6) is 0 Å². The number of hydrogen-bond donors (Lipinski definition) is 0. The molecule has 0 aliphatic carbocycles. The van der Waals surface area contributed by atoms with Crippen molar-refractivity contribution < 1.29 is 14.3 Å². The number of morpholine rings is 1. The molecule has 1 atom stereocenters. The Morgan fingerprint density at radius 3 is 2.81 bits per heavy atom. The van der Waals surface area contributed by atoms with E-state index in [-0.39, 0.29) is 11.9 Å². The topological polar surface area (TPSA) is 38.8 Å². The monoisotopic (exact) mass is 247 g/mol. The van der Waals surface area contributed by atoms with Crippen LogP contribution in [-0.4, -0.2) is 62.3 Å². The average Bonchev–Trinajstić information content (AvgIpc) is 2.34. The Kier molecular flexibility index (Phi) is 6.84. The number of methoxy groups -OCH3 is 1. The lowest BCUT2D eigenvalue weighted by atomic mass is 10.2. The molecule has 16 heavy (non-hydrogen) atoms. The van der Waals surface area contributed by atoms with E-state index in [1.54, 1.807) is 0 Å². The summed E-state index contributed by atoms with van der Waals surface area (Å²) >= 11 is 1.82. The molecule has 0 spiro atoms. The fourth-order valence-corrected chi connectivity index (χ4v) is 2.59. The Balaban J connectivity index is 2.00. The maximum absolute atomic E-state index is 11.1. The summed E-state index contributed by atoms with van der Waals surface area (Å²) in [6, 6.07) is 0. The molecule has 1 heterocycles. The Morgan fingerprint density at radius 2 is 2.19 bits per heavy atom. The van der Waals surface area contributed by atoms with Gasteiger partial charge in [-0.3, -0.25) is 9.69 Å². The van der Waals surface area contributed by atoms with Gasteiger partial charge in [-0.1, -0.05) is 6.92 Å². The van der Waals surface area contributed by atoms with Crippen LogP contribution in [0.2, 0.25) is 0 Å². The largest absolute Gasteiger partial charge is 0.469 e. The second kappa shape index (κ2) is 7.92. The first-order valence-electron chi connectivity index (χ1n) is 5.69. The van der Waals surface area contributed by atoms with Crippen LogP contribution in [0.25, 0.3) is 0 Å². The molecule has 1 saturated heterocycles. The van der Waals surface area contributed by atoms with E-state index in [1.165, 1.54) is 7.11 Å². The summed E-state index contributed by atoms with van der Waals surface area (Å²) in [7, 11) is 1.44. The van der Waals surface area contributed by atoms with Gasteiger partial charge in [0.2, 0.25) is 0 Å². The number of thioether (sulfide) groups is 1. The van der Waals surface area contributed by atoms with Crippen molar-refractivity contribution >= 4 is 17.7 Å². The summed E-state index contributed by atoms with van der Waals surface area (Å²) in [5.74, 6) is 1.80. The molecular weight excluding hydrogens is 226 g/mol. The summed E-state index contributed by atoms with van der Waals surface area (Å²) < 4.78 is 9.96. The first-order valence-corrected chi connectivity index (χ1v) is 6.85. The van der Waals surface area contributed by atoms with Crippen molar-refractivity contribution in [2.75, 3.05) is 51.5 Å². The zero-order valence-electron chi connectivity index (χ0n) is 10.1. The number of esters is 1. The van der Waals surface area contributed by atoms with Gasteiger partial charge in [0, 0.05) is 31.1 Å². The standard InChI is InChI=1S/C11H21NO3S/c1-10(11(13)14-2)9-16-8-5-12-3-6-15-7-4-12/h10H,3-9H2,1-2H3. The molecule has 0 N–H and O–H groups in total. The van der Waals surface area contributed by atoms with Gasteiger partial charge in [0.05, 0.1) is 26.2 Å². The zero-order valence-corrected chi connectivity index (χ0v) is 10.9. The Hall–Kier alpha value is -0.260. The van der Waals surface area contributed by atoms with Gasteiger partial charge in [-0.2, -0.15) is 11.8 Å². The minimum Gasteiger partial charge on any atom is -0.469 e. The Bertz CT molecular complexity index is 207. The fourth-order valence-electron chi connectivity index (χ4n) is 1.55. The molecule has 0 aromatic heterocycles. The van der Waals surface area contributed by atoms with Crippen molar-refractivity contribution in [2.24, 2.45) is 5.92 Å². The molecule has 94 valence electrons. The van der Waals surface area contributed by atoms with E-state index < -0.39 is 0 Å². The number of nitrogens with zero attached hydrogens (tertiary/aromatic N) is 1. The number of carbonyl (C=O) groups excluding carboxylic acids is 1. The Labute approximate surface area is 102 Å². The summed E-state index contributed by atoms with van der Waals surface area (Å²) in [5.41, 5.74) is 0. The molecule has 0 aromatic rings. The van der Waals surface area contributed by atoms with Crippen molar-refractivity contribution in [1.29, 1.82) is 0 Å². The summed E-state index contributed by atoms with van der Waals surface area (Å²) in [5, 5.41) is 0. The molecule has 1 aliphatic heterocycles. The number of hydrogen-bond acceptors (Lipinski definition) is 5. The number of carbonyl (C=O) groups is 1. The molecule has 0 amide bonds. The van der Waals surface area contributed by atoms with E-state index in [1.807, 2.05) is 18.7 Å². The smallest absolute Gasteiger partial charge is 0.309 e. The van der Waals surface area contributed by atoms with Crippen molar-refractivity contribution in [1.82, 2.24) is 4.90 Å². The maximum Gasteiger partial charge on any atom is 0.309 e. The van der Waals surface area contributed by atoms with E-state index in [0.717, 1.165) is 44.4 Å². The lowest BCUT2D eigenvalue weighted by Crippen LogP contribution is -2.37. The molecule has 5 heteroatoms. The molecule has 0 aromatic carbocycles. The molecule has 1 aliphatic rings. The van der Waals surface area contributed by atoms with Crippen molar-refractivity contribution in [3.63, 3.8) is 0 Å². The highest BCUT2D eigenvalue weighted by atomic mass is 32.2. The number of ether oxygens (including phenoxy) is 2. The highest BCUT2D eigenvalue weighted by molar-refractivity contribution is 7.99. The molecule has 4 nitrogen and oxygen atoms in total. The van der Waals surface area contributed by atoms with Crippen LogP contribution in [-0.2, 0) is 14.3 Å².